The standard InChI is InChI=1S/C15H17ClN2O2/c16-11-4-2-1-3-9(11)8-14-17-12-6-5-10(15(19)20)7-13(12)18-14/h1-4,10,12-13H,5-8H2,(H,17,18)(H,19,20). The summed E-state index contributed by atoms with van der Waals surface area (Å²) in [5.41, 5.74) is 1.05. The van der Waals surface area contributed by atoms with Crippen molar-refractivity contribution in [1.82, 2.24) is 5.32 Å². The van der Waals surface area contributed by atoms with E-state index in [-0.39, 0.29) is 18.0 Å². The highest BCUT2D eigenvalue weighted by molar-refractivity contribution is 6.31. The van der Waals surface area contributed by atoms with E-state index >= 15 is 0 Å². The molecule has 1 heterocycles. The van der Waals surface area contributed by atoms with Crippen LogP contribution >= 0.6 is 11.6 Å². The number of halogens is 1. The average Bonchev–Trinajstić information content (AvgIpc) is 2.82. The quantitative estimate of drug-likeness (QED) is 0.900. The number of carboxylic acids is 1. The first-order valence-electron chi connectivity index (χ1n) is 6.93. The van der Waals surface area contributed by atoms with Gasteiger partial charge in [-0.05, 0) is 30.9 Å². The minimum atomic E-state index is -0.690. The van der Waals surface area contributed by atoms with Crippen molar-refractivity contribution < 1.29 is 9.90 Å². The minimum Gasteiger partial charge on any atom is -0.481 e. The van der Waals surface area contributed by atoms with E-state index in [1.54, 1.807) is 0 Å². The van der Waals surface area contributed by atoms with Gasteiger partial charge in [-0.25, -0.2) is 0 Å². The van der Waals surface area contributed by atoms with Crippen LogP contribution in [0.5, 0.6) is 0 Å². The third-order valence-corrected chi connectivity index (χ3v) is 4.52. The zero-order valence-corrected chi connectivity index (χ0v) is 11.8. The summed E-state index contributed by atoms with van der Waals surface area (Å²) < 4.78 is 0. The van der Waals surface area contributed by atoms with Gasteiger partial charge < -0.3 is 10.4 Å². The lowest BCUT2D eigenvalue weighted by Gasteiger charge is -2.28. The Bertz CT molecular complexity index is 559. The van der Waals surface area contributed by atoms with Crippen LogP contribution in [0.2, 0.25) is 5.02 Å². The maximum absolute atomic E-state index is 11.1. The molecule has 1 aromatic rings. The zero-order chi connectivity index (χ0) is 14.1. The Morgan fingerprint density at radius 3 is 2.95 bits per heavy atom. The number of carbonyl (C=O) groups is 1. The molecule has 3 unspecified atom stereocenters. The fraction of sp³-hybridized carbons (Fsp3) is 0.467. The molecular weight excluding hydrogens is 276 g/mol. The SMILES string of the molecule is O=C(O)C1CCC2N=C(Cc3ccccc3Cl)NC2C1. The first kappa shape index (κ1) is 13.4. The topological polar surface area (TPSA) is 61.7 Å². The molecule has 1 aliphatic heterocycles. The van der Waals surface area contributed by atoms with Gasteiger partial charge in [-0.15, -0.1) is 0 Å². The first-order valence-corrected chi connectivity index (χ1v) is 7.30. The lowest BCUT2D eigenvalue weighted by atomic mass is 9.83. The summed E-state index contributed by atoms with van der Waals surface area (Å²) in [6.45, 7) is 0. The van der Waals surface area contributed by atoms with Gasteiger partial charge in [0.1, 0.15) is 5.84 Å². The van der Waals surface area contributed by atoms with Gasteiger partial charge in [0.25, 0.3) is 0 Å². The molecule has 0 saturated heterocycles. The molecule has 106 valence electrons. The van der Waals surface area contributed by atoms with Gasteiger partial charge in [0, 0.05) is 11.4 Å². The van der Waals surface area contributed by atoms with Crippen LogP contribution in [-0.4, -0.2) is 29.0 Å². The fourth-order valence-corrected chi connectivity index (χ4v) is 3.26. The molecule has 20 heavy (non-hydrogen) atoms. The maximum Gasteiger partial charge on any atom is 0.306 e. The normalized spacial score (nSPS) is 28.4. The average molecular weight is 293 g/mol. The summed E-state index contributed by atoms with van der Waals surface area (Å²) in [4.78, 5) is 15.8. The monoisotopic (exact) mass is 292 g/mol. The predicted molar refractivity (Wildman–Crippen MR) is 78.3 cm³/mol. The van der Waals surface area contributed by atoms with E-state index in [1.165, 1.54) is 0 Å². The molecular formula is C15H17ClN2O2. The molecule has 0 bridgehead atoms. The van der Waals surface area contributed by atoms with Gasteiger partial charge in [-0.2, -0.15) is 0 Å². The summed E-state index contributed by atoms with van der Waals surface area (Å²) in [7, 11) is 0. The van der Waals surface area contributed by atoms with Crippen LogP contribution in [0.1, 0.15) is 24.8 Å². The van der Waals surface area contributed by atoms with Gasteiger partial charge in [-0.3, -0.25) is 9.79 Å². The molecule has 0 spiro atoms. The maximum atomic E-state index is 11.1. The van der Waals surface area contributed by atoms with Crippen molar-refractivity contribution >= 4 is 23.4 Å². The summed E-state index contributed by atoms with van der Waals surface area (Å²) in [6.07, 6.45) is 2.92. The summed E-state index contributed by atoms with van der Waals surface area (Å²) in [5.74, 6) is 0.00237. The fourth-order valence-electron chi connectivity index (χ4n) is 3.06. The van der Waals surface area contributed by atoms with Crippen molar-refractivity contribution in [1.29, 1.82) is 0 Å². The number of benzene rings is 1. The number of amidine groups is 1. The number of carboxylic acid groups (broad SMARTS) is 1. The first-order chi connectivity index (χ1) is 9.63. The van der Waals surface area contributed by atoms with Gasteiger partial charge >= 0.3 is 5.97 Å². The second kappa shape index (κ2) is 5.44. The number of aliphatic carboxylic acids is 1. The van der Waals surface area contributed by atoms with Gasteiger partial charge in [0.15, 0.2) is 0 Å². The van der Waals surface area contributed by atoms with E-state index in [0.29, 0.717) is 12.8 Å². The smallest absolute Gasteiger partial charge is 0.306 e. The minimum absolute atomic E-state index is 0.169. The Labute approximate surface area is 122 Å². The van der Waals surface area contributed by atoms with Crippen molar-refractivity contribution in [3.05, 3.63) is 34.9 Å². The molecule has 1 aromatic carbocycles. The molecule has 5 heteroatoms. The number of aliphatic imine (C=N–C) groups is 1. The van der Waals surface area contributed by atoms with Crippen molar-refractivity contribution in [2.24, 2.45) is 10.9 Å². The van der Waals surface area contributed by atoms with Crippen LogP contribution < -0.4 is 5.32 Å². The van der Waals surface area contributed by atoms with Crippen molar-refractivity contribution in [3.63, 3.8) is 0 Å². The van der Waals surface area contributed by atoms with Gasteiger partial charge in [0.05, 0.1) is 18.0 Å². The Hall–Kier alpha value is -1.55. The highest BCUT2D eigenvalue weighted by Gasteiger charge is 2.37. The second-order valence-corrected chi connectivity index (χ2v) is 5.92. The number of rotatable bonds is 3. The van der Waals surface area contributed by atoms with Gasteiger partial charge in [-0.1, -0.05) is 29.8 Å². The van der Waals surface area contributed by atoms with Gasteiger partial charge in [0.2, 0.25) is 0 Å². The lowest BCUT2D eigenvalue weighted by Crippen LogP contribution is -2.41. The lowest BCUT2D eigenvalue weighted by molar-refractivity contribution is -0.143. The second-order valence-electron chi connectivity index (χ2n) is 5.51. The van der Waals surface area contributed by atoms with Crippen LogP contribution in [-0.2, 0) is 11.2 Å². The van der Waals surface area contributed by atoms with Crippen LogP contribution in [0.25, 0.3) is 0 Å². The number of nitrogens with zero attached hydrogens (tertiary/aromatic N) is 1. The molecule has 0 radical (unpaired) electrons. The van der Waals surface area contributed by atoms with Crippen molar-refractivity contribution in [3.8, 4) is 0 Å². The number of nitrogens with one attached hydrogen (secondary N) is 1. The number of hydrogen-bond donors (Lipinski definition) is 2. The van der Waals surface area contributed by atoms with E-state index in [2.05, 4.69) is 5.32 Å². The van der Waals surface area contributed by atoms with E-state index in [1.807, 2.05) is 24.3 Å². The third-order valence-electron chi connectivity index (χ3n) is 4.15. The highest BCUT2D eigenvalue weighted by Crippen LogP contribution is 2.30. The molecule has 3 atom stereocenters. The Morgan fingerprint density at radius 2 is 2.20 bits per heavy atom. The summed E-state index contributed by atoms with van der Waals surface area (Å²) >= 11 is 6.16. The molecule has 3 rings (SSSR count). The van der Waals surface area contributed by atoms with Crippen LogP contribution in [0.4, 0.5) is 0 Å². The largest absolute Gasteiger partial charge is 0.481 e. The Kier molecular flexibility index (Phi) is 3.66. The molecule has 0 amide bonds. The van der Waals surface area contributed by atoms with Crippen LogP contribution in [0.3, 0.4) is 0 Å². The van der Waals surface area contributed by atoms with E-state index in [0.717, 1.165) is 29.3 Å². The van der Waals surface area contributed by atoms with E-state index in [4.69, 9.17) is 21.7 Å². The predicted octanol–water partition coefficient (Wildman–Crippen LogP) is 2.51. The molecule has 1 saturated carbocycles. The van der Waals surface area contributed by atoms with Crippen LogP contribution in [0.15, 0.2) is 29.3 Å². The molecule has 2 N–H and O–H groups in total. The summed E-state index contributed by atoms with van der Waals surface area (Å²) in [5, 5.41) is 13.2. The molecule has 4 nitrogen and oxygen atoms in total. The Balaban J connectivity index is 1.67. The third kappa shape index (κ3) is 2.66. The van der Waals surface area contributed by atoms with Crippen molar-refractivity contribution in [2.45, 2.75) is 37.8 Å². The molecule has 1 aliphatic carbocycles. The molecule has 0 aromatic heterocycles. The van der Waals surface area contributed by atoms with Crippen LogP contribution in [0, 0.1) is 5.92 Å². The molecule has 2 aliphatic rings. The van der Waals surface area contributed by atoms with E-state index < -0.39 is 5.97 Å². The highest BCUT2D eigenvalue weighted by atomic mass is 35.5. The zero-order valence-electron chi connectivity index (χ0n) is 11.1. The Morgan fingerprint density at radius 1 is 1.40 bits per heavy atom. The molecule has 1 fully saturated rings. The van der Waals surface area contributed by atoms with E-state index in [9.17, 15) is 4.79 Å². The number of hydrogen-bond acceptors (Lipinski definition) is 3. The number of fused-ring (bicyclic) bond motifs is 1. The van der Waals surface area contributed by atoms with Crippen molar-refractivity contribution in [2.75, 3.05) is 0 Å². The summed E-state index contributed by atoms with van der Waals surface area (Å²) in [6, 6.07) is 8.14.